The van der Waals surface area contributed by atoms with Crippen molar-refractivity contribution in [2.75, 3.05) is 38.1 Å². The molecule has 1 aliphatic carbocycles. The Hall–Kier alpha value is -3.19. The smallest absolute Gasteiger partial charge is 0.293 e. The molecule has 32 heavy (non-hydrogen) atoms. The second-order valence-electron chi connectivity index (χ2n) is 8.50. The highest BCUT2D eigenvalue weighted by Gasteiger charge is 2.45. The van der Waals surface area contributed by atoms with Gasteiger partial charge in [-0.1, -0.05) is 30.3 Å². The van der Waals surface area contributed by atoms with Crippen molar-refractivity contribution < 1.29 is 13.9 Å². The number of nitrogens with one attached hydrogen (secondary N) is 3. The summed E-state index contributed by atoms with van der Waals surface area (Å²) in [5.41, 5.74) is 2.60. The molecule has 0 atom stereocenters. The Kier molecular flexibility index (Phi) is 6.55. The first-order valence-corrected chi connectivity index (χ1v) is 11.0. The van der Waals surface area contributed by atoms with Gasteiger partial charge in [0.05, 0.1) is 6.61 Å². The van der Waals surface area contributed by atoms with Crippen molar-refractivity contribution in [3.05, 3.63) is 76.9 Å². The standard InChI is InChI=1S/C25H29FN4O2/c1-18-13-20(26)15-21(14-18)29-24(31)23(22(16-27)30-11-9-28-10-12-30)32-17-25(7-8-25)19-5-3-2-4-6-19/h2-6,13-16,27-28H,7-12,17H2,1H3,(H,29,31)/b23-22-,27-16?. The second-order valence-corrected chi connectivity index (χ2v) is 8.50. The van der Waals surface area contributed by atoms with E-state index in [9.17, 15) is 9.18 Å². The number of hydrogen-bond donors (Lipinski definition) is 3. The number of rotatable bonds is 8. The number of nitrogens with zero attached hydrogens (tertiary/aromatic N) is 1. The summed E-state index contributed by atoms with van der Waals surface area (Å²) in [4.78, 5) is 15.3. The monoisotopic (exact) mass is 436 g/mol. The zero-order valence-corrected chi connectivity index (χ0v) is 18.3. The maximum Gasteiger partial charge on any atom is 0.293 e. The van der Waals surface area contributed by atoms with E-state index in [0.29, 0.717) is 36.6 Å². The van der Waals surface area contributed by atoms with Crippen LogP contribution >= 0.6 is 0 Å². The summed E-state index contributed by atoms with van der Waals surface area (Å²) in [7, 11) is 0. The van der Waals surface area contributed by atoms with E-state index in [4.69, 9.17) is 10.1 Å². The summed E-state index contributed by atoms with van der Waals surface area (Å²) in [5.74, 6) is -0.788. The Morgan fingerprint density at radius 1 is 1.22 bits per heavy atom. The number of halogens is 1. The molecule has 0 radical (unpaired) electrons. The van der Waals surface area contributed by atoms with Crippen molar-refractivity contribution in [2.24, 2.45) is 0 Å². The van der Waals surface area contributed by atoms with Gasteiger partial charge in [0.25, 0.3) is 5.91 Å². The fourth-order valence-corrected chi connectivity index (χ4v) is 4.13. The van der Waals surface area contributed by atoms with Crippen LogP contribution in [0.1, 0.15) is 24.0 Å². The molecule has 3 N–H and O–H groups in total. The molecule has 0 bridgehead atoms. The Morgan fingerprint density at radius 3 is 2.56 bits per heavy atom. The number of carbonyl (C=O) groups is 1. The maximum atomic E-state index is 13.8. The van der Waals surface area contributed by atoms with Crippen LogP contribution in [-0.4, -0.2) is 49.8 Å². The lowest BCUT2D eigenvalue weighted by atomic mass is 9.97. The third-order valence-corrected chi connectivity index (χ3v) is 6.07. The molecule has 1 saturated carbocycles. The SMILES string of the molecule is Cc1cc(F)cc(NC(=O)/C(OCC2(c3ccccc3)CC2)=C(\C=N)N2CCNCC2)c1. The van der Waals surface area contributed by atoms with Crippen molar-refractivity contribution in [1.29, 1.82) is 5.41 Å². The van der Waals surface area contributed by atoms with Gasteiger partial charge in [0, 0.05) is 43.5 Å². The molecule has 1 saturated heterocycles. The van der Waals surface area contributed by atoms with Crippen LogP contribution in [-0.2, 0) is 14.9 Å². The quantitative estimate of drug-likeness (QED) is 0.336. The molecule has 7 heteroatoms. The Bertz CT molecular complexity index is 992. The molecule has 2 fully saturated rings. The number of ether oxygens (including phenoxy) is 1. The number of amides is 1. The highest BCUT2D eigenvalue weighted by Crippen LogP contribution is 2.48. The van der Waals surface area contributed by atoms with E-state index in [1.807, 2.05) is 23.1 Å². The highest BCUT2D eigenvalue weighted by atomic mass is 19.1. The van der Waals surface area contributed by atoms with Gasteiger partial charge in [-0.15, -0.1) is 0 Å². The van der Waals surface area contributed by atoms with Crippen LogP contribution in [0.2, 0.25) is 0 Å². The van der Waals surface area contributed by atoms with Gasteiger partial charge in [0.1, 0.15) is 11.5 Å². The van der Waals surface area contributed by atoms with Gasteiger partial charge >= 0.3 is 0 Å². The van der Waals surface area contributed by atoms with Crippen LogP contribution in [0.5, 0.6) is 0 Å². The van der Waals surface area contributed by atoms with Crippen molar-refractivity contribution in [1.82, 2.24) is 10.2 Å². The number of aryl methyl sites for hydroxylation is 1. The molecule has 4 rings (SSSR count). The Morgan fingerprint density at radius 2 is 1.94 bits per heavy atom. The zero-order valence-electron chi connectivity index (χ0n) is 18.3. The topological polar surface area (TPSA) is 77.5 Å². The summed E-state index contributed by atoms with van der Waals surface area (Å²) in [6.07, 6.45) is 3.16. The van der Waals surface area contributed by atoms with E-state index in [1.54, 1.807) is 13.0 Å². The molecular weight excluding hydrogens is 407 g/mol. The average Bonchev–Trinajstić information content (AvgIpc) is 3.58. The normalized spacial score (nSPS) is 17.9. The number of piperazine rings is 1. The summed E-state index contributed by atoms with van der Waals surface area (Å²) in [6, 6.07) is 14.6. The van der Waals surface area contributed by atoms with Crippen molar-refractivity contribution in [3.63, 3.8) is 0 Å². The number of hydrogen-bond acceptors (Lipinski definition) is 5. The lowest BCUT2D eigenvalue weighted by molar-refractivity contribution is -0.116. The molecule has 0 spiro atoms. The van der Waals surface area contributed by atoms with Gasteiger partial charge in [0.15, 0.2) is 0 Å². The third-order valence-electron chi connectivity index (χ3n) is 6.07. The number of allylic oxidation sites excluding steroid dienone is 1. The molecule has 168 valence electrons. The van der Waals surface area contributed by atoms with E-state index < -0.39 is 11.7 Å². The summed E-state index contributed by atoms with van der Waals surface area (Å²) < 4.78 is 20.0. The molecule has 2 aromatic carbocycles. The van der Waals surface area contributed by atoms with Gasteiger partial charge in [-0.05, 0) is 49.1 Å². The molecule has 2 aliphatic rings. The number of anilines is 1. The second kappa shape index (κ2) is 9.53. The van der Waals surface area contributed by atoms with Gasteiger partial charge in [-0.25, -0.2) is 4.39 Å². The third kappa shape index (κ3) is 4.99. The van der Waals surface area contributed by atoms with E-state index in [1.165, 1.54) is 23.9 Å². The predicted octanol–water partition coefficient (Wildman–Crippen LogP) is 3.59. The van der Waals surface area contributed by atoms with Gasteiger partial charge in [-0.3, -0.25) is 4.79 Å². The van der Waals surface area contributed by atoms with Crippen LogP contribution in [0.25, 0.3) is 0 Å². The van der Waals surface area contributed by atoms with Gasteiger partial charge < -0.3 is 25.7 Å². The first-order valence-electron chi connectivity index (χ1n) is 11.0. The minimum Gasteiger partial charge on any atom is -0.485 e. The fourth-order valence-electron chi connectivity index (χ4n) is 4.13. The summed E-state index contributed by atoms with van der Waals surface area (Å²) in [6.45, 7) is 5.01. The largest absolute Gasteiger partial charge is 0.485 e. The number of benzene rings is 2. The van der Waals surface area contributed by atoms with Crippen molar-refractivity contribution in [2.45, 2.75) is 25.2 Å². The Labute approximate surface area is 188 Å². The predicted molar refractivity (Wildman–Crippen MR) is 123 cm³/mol. The fraction of sp³-hybridized carbons (Fsp3) is 0.360. The molecule has 0 unspecified atom stereocenters. The highest BCUT2D eigenvalue weighted by molar-refractivity contribution is 6.05. The first-order chi connectivity index (χ1) is 15.5. The molecule has 2 aromatic rings. The number of carbonyl (C=O) groups excluding carboxylic acids is 1. The maximum absolute atomic E-state index is 13.8. The van der Waals surface area contributed by atoms with Crippen LogP contribution in [0.4, 0.5) is 10.1 Å². The van der Waals surface area contributed by atoms with E-state index in [2.05, 4.69) is 22.8 Å². The van der Waals surface area contributed by atoms with E-state index >= 15 is 0 Å². The van der Waals surface area contributed by atoms with Crippen LogP contribution in [0.15, 0.2) is 60.0 Å². The summed E-state index contributed by atoms with van der Waals surface area (Å²) >= 11 is 0. The Balaban J connectivity index is 1.61. The van der Waals surface area contributed by atoms with Crippen molar-refractivity contribution in [3.8, 4) is 0 Å². The minimum absolute atomic E-state index is 0.103. The molecule has 1 amide bonds. The molecule has 1 heterocycles. The molecule has 1 aliphatic heterocycles. The average molecular weight is 437 g/mol. The van der Waals surface area contributed by atoms with Crippen LogP contribution < -0.4 is 10.6 Å². The van der Waals surface area contributed by atoms with E-state index in [0.717, 1.165) is 25.9 Å². The molecular formula is C25H29FN4O2. The minimum atomic E-state index is -0.476. The zero-order chi connectivity index (χ0) is 22.6. The summed E-state index contributed by atoms with van der Waals surface area (Å²) in [5, 5.41) is 14.1. The first kappa shape index (κ1) is 22.0. The van der Waals surface area contributed by atoms with Crippen LogP contribution in [0.3, 0.4) is 0 Å². The lowest BCUT2D eigenvalue weighted by Gasteiger charge is -2.31. The van der Waals surface area contributed by atoms with E-state index in [-0.39, 0.29) is 11.2 Å². The molecule has 6 nitrogen and oxygen atoms in total. The lowest BCUT2D eigenvalue weighted by Crippen LogP contribution is -2.44. The molecule has 0 aromatic heterocycles. The van der Waals surface area contributed by atoms with Crippen LogP contribution in [0, 0.1) is 18.2 Å². The van der Waals surface area contributed by atoms with Gasteiger partial charge in [-0.2, -0.15) is 0 Å². The van der Waals surface area contributed by atoms with Gasteiger partial charge in [0.2, 0.25) is 5.76 Å². The van der Waals surface area contributed by atoms with Crippen molar-refractivity contribution >= 4 is 17.8 Å².